The fraction of sp³-hybridized carbons (Fsp3) is 0.0870. The van der Waals surface area contributed by atoms with E-state index in [9.17, 15) is 0 Å². The first-order chi connectivity index (χ1) is 12.8. The van der Waals surface area contributed by atoms with Crippen molar-refractivity contribution >= 4 is 24.3 Å². The molecule has 130 valence electrons. The highest BCUT2D eigenvalue weighted by molar-refractivity contribution is 5.71. The molecule has 0 radical (unpaired) electrons. The molecule has 26 heavy (non-hydrogen) atoms. The molecule has 0 bridgehead atoms. The number of hydrogen-bond donors (Lipinski definition) is 0. The summed E-state index contributed by atoms with van der Waals surface area (Å²) >= 11 is 0. The van der Waals surface area contributed by atoms with Crippen molar-refractivity contribution < 1.29 is 9.47 Å². The Hall–Kier alpha value is -3.33. The van der Waals surface area contributed by atoms with Crippen LogP contribution in [0.25, 0.3) is 24.3 Å². The van der Waals surface area contributed by atoms with Crippen LogP contribution in [0.3, 0.4) is 0 Å². The van der Waals surface area contributed by atoms with Gasteiger partial charge in [-0.2, -0.15) is 0 Å². The minimum atomic E-state index is 0.853. The first-order valence-corrected chi connectivity index (χ1v) is 8.38. The van der Waals surface area contributed by atoms with Crippen molar-refractivity contribution in [3.05, 3.63) is 89.2 Å². The van der Waals surface area contributed by atoms with Crippen LogP contribution in [0.1, 0.15) is 22.5 Å². The predicted molar refractivity (Wildman–Crippen MR) is 108 cm³/mol. The summed E-state index contributed by atoms with van der Waals surface area (Å²) in [6.07, 6.45) is 8.09. The van der Waals surface area contributed by atoms with Crippen molar-refractivity contribution in [3.8, 4) is 11.5 Å². The van der Waals surface area contributed by atoms with E-state index in [0.717, 1.165) is 34.0 Å². The van der Waals surface area contributed by atoms with E-state index in [1.807, 2.05) is 91.0 Å². The standard InChI is InChI=1S/C23H21NO2/c1-25-22-14-8-18(9-15-22)6-12-20-4-3-5-21(24-20)13-7-19-10-16-23(26-2)17-11-19/h3-17H,1-2H3/b12-6-,13-7+. The average molecular weight is 343 g/mol. The lowest BCUT2D eigenvalue weighted by Gasteiger charge is -2.00. The maximum Gasteiger partial charge on any atom is 0.118 e. The Bertz CT molecular complexity index is 822. The molecule has 0 fully saturated rings. The monoisotopic (exact) mass is 343 g/mol. The Morgan fingerprint density at radius 3 is 1.38 bits per heavy atom. The molecule has 0 saturated heterocycles. The Morgan fingerprint density at radius 2 is 1.00 bits per heavy atom. The maximum absolute atomic E-state index is 5.17. The summed E-state index contributed by atoms with van der Waals surface area (Å²) in [4.78, 5) is 4.65. The lowest BCUT2D eigenvalue weighted by Crippen LogP contribution is -1.85. The molecule has 0 unspecified atom stereocenters. The molecule has 1 aromatic heterocycles. The molecular weight excluding hydrogens is 322 g/mol. The number of benzene rings is 2. The van der Waals surface area contributed by atoms with E-state index in [1.54, 1.807) is 14.2 Å². The van der Waals surface area contributed by atoms with Crippen molar-refractivity contribution in [2.45, 2.75) is 0 Å². The molecule has 3 heteroatoms. The summed E-state index contributed by atoms with van der Waals surface area (Å²) in [7, 11) is 3.33. The molecule has 2 aromatic carbocycles. The molecule has 0 aliphatic carbocycles. The van der Waals surface area contributed by atoms with Crippen molar-refractivity contribution in [2.24, 2.45) is 0 Å². The minimum absolute atomic E-state index is 0.853. The number of hydrogen-bond acceptors (Lipinski definition) is 3. The highest BCUT2D eigenvalue weighted by atomic mass is 16.5. The largest absolute Gasteiger partial charge is 0.497 e. The van der Waals surface area contributed by atoms with Gasteiger partial charge in [0.05, 0.1) is 25.6 Å². The van der Waals surface area contributed by atoms with E-state index in [0.29, 0.717) is 0 Å². The molecule has 3 rings (SSSR count). The third kappa shape index (κ3) is 4.84. The third-order valence-electron chi connectivity index (χ3n) is 3.92. The summed E-state index contributed by atoms with van der Waals surface area (Å²) in [5, 5.41) is 0. The van der Waals surface area contributed by atoms with Crippen molar-refractivity contribution in [1.82, 2.24) is 4.98 Å². The highest BCUT2D eigenvalue weighted by Gasteiger charge is 1.95. The fourth-order valence-electron chi connectivity index (χ4n) is 2.45. The van der Waals surface area contributed by atoms with Crippen molar-refractivity contribution in [2.75, 3.05) is 14.2 Å². The van der Waals surface area contributed by atoms with Crippen LogP contribution in [-0.4, -0.2) is 19.2 Å². The SMILES string of the molecule is COc1ccc(/C=C\c2cccc(/C=C/c3ccc(OC)cc3)n2)cc1. The first kappa shape index (κ1) is 17.5. The number of ether oxygens (including phenoxy) is 2. The van der Waals surface area contributed by atoms with Crippen LogP contribution < -0.4 is 9.47 Å². The fourth-order valence-corrected chi connectivity index (χ4v) is 2.45. The van der Waals surface area contributed by atoms with E-state index < -0.39 is 0 Å². The summed E-state index contributed by atoms with van der Waals surface area (Å²) in [5.41, 5.74) is 4.04. The first-order valence-electron chi connectivity index (χ1n) is 8.38. The summed E-state index contributed by atoms with van der Waals surface area (Å²) in [6.45, 7) is 0. The molecule has 3 aromatic rings. The lowest BCUT2D eigenvalue weighted by molar-refractivity contribution is 0.414. The van der Waals surface area contributed by atoms with Gasteiger partial charge >= 0.3 is 0 Å². The molecule has 0 saturated carbocycles. The number of methoxy groups -OCH3 is 2. The van der Waals surface area contributed by atoms with Crippen LogP contribution in [0.2, 0.25) is 0 Å². The highest BCUT2D eigenvalue weighted by Crippen LogP contribution is 2.15. The normalized spacial score (nSPS) is 11.2. The van der Waals surface area contributed by atoms with Gasteiger partial charge in [-0.25, -0.2) is 4.98 Å². The smallest absolute Gasteiger partial charge is 0.118 e. The molecule has 0 N–H and O–H groups in total. The minimum Gasteiger partial charge on any atom is -0.497 e. The molecule has 0 spiro atoms. The Kier molecular flexibility index (Phi) is 5.84. The van der Waals surface area contributed by atoms with E-state index >= 15 is 0 Å². The average Bonchev–Trinajstić information content (AvgIpc) is 2.72. The van der Waals surface area contributed by atoms with Gasteiger partial charge in [-0.3, -0.25) is 0 Å². The van der Waals surface area contributed by atoms with Gasteiger partial charge < -0.3 is 9.47 Å². The molecular formula is C23H21NO2. The lowest BCUT2D eigenvalue weighted by atomic mass is 10.1. The zero-order chi connectivity index (χ0) is 18.2. The summed E-state index contributed by atoms with van der Waals surface area (Å²) in [6, 6.07) is 21.8. The van der Waals surface area contributed by atoms with Crippen molar-refractivity contribution in [3.63, 3.8) is 0 Å². The Morgan fingerprint density at radius 1 is 0.577 bits per heavy atom. The molecule has 3 nitrogen and oxygen atoms in total. The van der Waals surface area contributed by atoms with Crippen LogP contribution in [0.15, 0.2) is 66.7 Å². The van der Waals surface area contributed by atoms with Gasteiger partial charge in [-0.1, -0.05) is 42.5 Å². The quantitative estimate of drug-likeness (QED) is 0.597. The number of nitrogens with zero attached hydrogens (tertiary/aromatic N) is 1. The van der Waals surface area contributed by atoms with Crippen molar-refractivity contribution in [1.29, 1.82) is 0 Å². The van der Waals surface area contributed by atoms with Gasteiger partial charge in [0.1, 0.15) is 11.5 Å². The molecule has 0 atom stereocenters. The van der Waals surface area contributed by atoms with Crippen LogP contribution in [-0.2, 0) is 0 Å². The van der Waals surface area contributed by atoms with Gasteiger partial charge in [0.15, 0.2) is 0 Å². The van der Waals surface area contributed by atoms with Gasteiger partial charge in [0.2, 0.25) is 0 Å². The Balaban J connectivity index is 1.70. The zero-order valence-corrected chi connectivity index (χ0v) is 14.9. The number of aromatic nitrogens is 1. The molecule has 0 aliphatic heterocycles. The third-order valence-corrected chi connectivity index (χ3v) is 3.92. The topological polar surface area (TPSA) is 31.4 Å². The Labute approximate surface area is 154 Å². The van der Waals surface area contributed by atoms with Gasteiger partial charge in [-0.15, -0.1) is 0 Å². The van der Waals surface area contributed by atoms with Crippen LogP contribution >= 0.6 is 0 Å². The second-order valence-corrected chi connectivity index (χ2v) is 5.70. The number of pyridine rings is 1. The summed E-state index contributed by atoms with van der Waals surface area (Å²) < 4.78 is 10.3. The molecule has 1 heterocycles. The van der Waals surface area contributed by atoms with Crippen LogP contribution in [0, 0.1) is 0 Å². The maximum atomic E-state index is 5.17. The van der Waals surface area contributed by atoms with E-state index in [1.165, 1.54) is 0 Å². The van der Waals surface area contributed by atoms with Gasteiger partial charge in [-0.05, 0) is 59.7 Å². The number of rotatable bonds is 6. The van der Waals surface area contributed by atoms with Crippen LogP contribution in [0.5, 0.6) is 11.5 Å². The second kappa shape index (κ2) is 8.67. The van der Waals surface area contributed by atoms with Crippen LogP contribution in [0.4, 0.5) is 0 Å². The van der Waals surface area contributed by atoms with E-state index in [-0.39, 0.29) is 0 Å². The molecule has 0 amide bonds. The second-order valence-electron chi connectivity index (χ2n) is 5.70. The summed E-state index contributed by atoms with van der Waals surface area (Å²) in [5.74, 6) is 1.71. The predicted octanol–water partition coefficient (Wildman–Crippen LogP) is 5.44. The van der Waals surface area contributed by atoms with Gasteiger partial charge in [0, 0.05) is 0 Å². The van der Waals surface area contributed by atoms with E-state index in [4.69, 9.17) is 9.47 Å². The molecule has 0 aliphatic rings. The van der Waals surface area contributed by atoms with Gasteiger partial charge in [0.25, 0.3) is 0 Å². The van der Waals surface area contributed by atoms with E-state index in [2.05, 4.69) is 4.98 Å². The zero-order valence-electron chi connectivity index (χ0n) is 14.9.